The number of likely N-dealkylation sites (tertiary alicyclic amines) is 1. The fourth-order valence-electron chi connectivity index (χ4n) is 2.54. The number of rotatable bonds is 1. The average molecular weight is 264 g/mol. The van der Waals surface area contributed by atoms with Gasteiger partial charge in [0, 0.05) is 38.3 Å². The van der Waals surface area contributed by atoms with E-state index in [1.165, 1.54) is 0 Å². The first-order valence-electron chi connectivity index (χ1n) is 6.34. The molecule has 2 aliphatic heterocycles. The number of piperidine rings is 1. The smallest absolute Gasteiger partial charge is 0.195 e. The van der Waals surface area contributed by atoms with Crippen molar-refractivity contribution >= 4 is 5.84 Å². The Morgan fingerprint density at radius 2 is 2.00 bits per heavy atom. The van der Waals surface area contributed by atoms with Gasteiger partial charge in [0.25, 0.3) is 0 Å². The number of hydrogen-bond acceptors (Lipinski definition) is 6. The van der Waals surface area contributed by atoms with E-state index >= 15 is 0 Å². The Balaban J connectivity index is 1.70. The molecule has 0 bridgehead atoms. The van der Waals surface area contributed by atoms with E-state index in [0.29, 0.717) is 37.8 Å². The first-order valence-corrected chi connectivity index (χ1v) is 6.34. The lowest BCUT2D eigenvalue weighted by molar-refractivity contribution is -0.180. The fourth-order valence-corrected chi connectivity index (χ4v) is 2.54. The van der Waals surface area contributed by atoms with Gasteiger partial charge < -0.3 is 19.6 Å². The Labute approximate surface area is 110 Å². The molecular formula is C12H16N4O3. The second-order valence-electron chi connectivity index (χ2n) is 4.61. The molecule has 7 nitrogen and oxygen atoms in total. The van der Waals surface area contributed by atoms with Crippen molar-refractivity contribution in [2.24, 2.45) is 5.16 Å². The maximum absolute atomic E-state index is 9.20. The molecule has 3 rings (SSSR count). The van der Waals surface area contributed by atoms with Gasteiger partial charge >= 0.3 is 0 Å². The molecular weight excluding hydrogens is 248 g/mol. The normalized spacial score (nSPS) is 22.9. The first-order chi connectivity index (χ1) is 9.33. The van der Waals surface area contributed by atoms with Crippen molar-refractivity contribution in [1.29, 1.82) is 0 Å². The van der Waals surface area contributed by atoms with Gasteiger partial charge in [0.2, 0.25) is 0 Å². The van der Waals surface area contributed by atoms with Crippen LogP contribution in [0.5, 0.6) is 0 Å². The van der Waals surface area contributed by atoms with Crippen LogP contribution in [0.4, 0.5) is 0 Å². The number of oxime groups is 1. The van der Waals surface area contributed by atoms with Gasteiger partial charge in [0.1, 0.15) is 5.69 Å². The summed E-state index contributed by atoms with van der Waals surface area (Å²) in [4.78, 5) is 10.1. The molecule has 0 unspecified atom stereocenters. The van der Waals surface area contributed by atoms with E-state index in [-0.39, 0.29) is 0 Å². The second kappa shape index (κ2) is 5.10. The Kier molecular flexibility index (Phi) is 3.31. The van der Waals surface area contributed by atoms with Crippen LogP contribution in [-0.4, -0.2) is 58.0 Å². The monoisotopic (exact) mass is 264 g/mol. The standard InChI is InChI=1S/C12H16N4O3/c17-15-11(10-9-13-3-4-14-10)16-5-1-12(2-6-16)18-7-8-19-12/h3-4,9,17H,1-2,5-8H2/b15-11-. The molecule has 1 spiro atoms. The fraction of sp³-hybridized carbons (Fsp3) is 0.583. The molecule has 2 aliphatic rings. The van der Waals surface area contributed by atoms with Crippen LogP contribution in [-0.2, 0) is 9.47 Å². The van der Waals surface area contributed by atoms with Crippen LogP contribution >= 0.6 is 0 Å². The van der Waals surface area contributed by atoms with Crippen LogP contribution < -0.4 is 0 Å². The van der Waals surface area contributed by atoms with Crippen molar-refractivity contribution in [3.05, 3.63) is 24.3 Å². The summed E-state index contributed by atoms with van der Waals surface area (Å²) in [5.41, 5.74) is 0.564. The maximum Gasteiger partial charge on any atom is 0.195 e. The van der Waals surface area contributed by atoms with E-state index in [1.807, 2.05) is 4.90 Å². The van der Waals surface area contributed by atoms with Gasteiger partial charge in [0.15, 0.2) is 11.6 Å². The lowest BCUT2D eigenvalue weighted by Crippen LogP contribution is -2.47. The van der Waals surface area contributed by atoms with Crippen LogP contribution in [0, 0.1) is 0 Å². The summed E-state index contributed by atoms with van der Waals surface area (Å²) >= 11 is 0. The van der Waals surface area contributed by atoms with E-state index in [0.717, 1.165) is 12.8 Å². The summed E-state index contributed by atoms with van der Waals surface area (Å²) in [6, 6.07) is 0. The average Bonchev–Trinajstić information content (AvgIpc) is 2.92. The number of aromatic nitrogens is 2. The highest BCUT2D eigenvalue weighted by Gasteiger charge is 2.40. The Morgan fingerprint density at radius 3 is 2.58 bits per heavy atom. The van der Waals surface area contributed by atoms with Gasteiger partial charge in [-0.05, 0) is 0 Å². The summed E-state index contributed by atoms with van der Waals surface area (Å²) in [5, 5.41) is 12.6. The van der Waals surface area contributed by atoms with Crippen molar-refractivity contribution in [3.8, 4) is 0 Å². The summed E-state index contributed by atoms with van der Waals surface area (Å²) < 4.78 is 11.3. The number of amidine groups is 1. The highest BCUT2D eigenvalue weighted by atomic mass is 16.7. The number of hydrogen-bond donors (Lipinski definition) is 1. The van der Waals surface area contributed by atoms with Crippen LogP contribution in [0.3, 0.4) is 0 Å². The molecule has 0 aliphatic carbocycles. The van der Waals surface area contributed by atoms with Crippen LogP contribution in [0.1, 0.15) is 18.5 Å². The minimum atomic E-state index is -0.431. The summed E-state index contributed by atoms with van der Waals surface area (Å²) in [7, 11) is 0. The lowest BCUT2D eigenvalue weighted by atomic mass is 10.0. The zero-order chi connectivity index (χ0) is 13.1. The third-order valence-electron chi connectivity index (χ3n) is 3.53. The topological polar surface area (TPSA) is 80.1 Å². The molecule has 102 valence electrons. The molecule has 2 fully saturated rings. The van der Waals surface area contributed by atoms with Crippen molar-refractivity contribution in [3.63, 3.8) is 0 Å². The van der Waals surface area contributed by atoms with E-state index in [4.69, 9.17) is 9.47 Å². The van der Waals surface area contributed by atoms with Gasteiger partial charge in [-0.25, -0.2) is 4.98 Å². The van der Waals surface area contributed by atoms with Gasteiger partial charge in [-0.3, -0.25) is 4.98 Å². The number of nitrogens with zero attached hydrogens (tertiary/aromatic N) is 4. The van der Waals surface area contributed by atoms with Gasteiger partial charge in [-0.15, -0.1) is 0 Å². The highest BCUT2D eigenvalue weighted by Crippen LogP contribution is 2.31. The van der Waals surface area contributed by atoms with Gasteiger partial charge in [0.05, 0.1) is 19.4 Å². The van der Waals surface area contributed by atoms with E-state index in [9.17, 15) is 5.21 Å². The van der Waals surface area contributed by atoms with Crippen LogP contribution in [0.25, 0.3) is 0 Å². The molecule has 3 heterocycles. The summed E-state index contributed by atoms with van der Waals surface area (Å²) in [6.45, 7) is 2.72. The molecule has 19 heavy (non-hydrogen) atoms. The molecule has 0 aromatic carbocycles. The summed E-state index contributed by atoms with van der Waals surface area (Å²) in [5.74, 6) is 0.0142. The number of ether oxygens (including phenoxy) is 2. The molecule has 7 heteroatoms. The quantitative estimate of drug-likeness (QED) is 0.343. The minimum Gasteiger partial charge on any atom is -0.409 e. The maximum atomic E-state index is 9.20. The van der Waals surface area contributed by atoms with E-state index in [1.54, 1.807) is 18.6 Å². The third kappa shape index (κ3) is 2.39. The Morgan fingerprint density at radius 1 is 1.26 bits per heavy atom. The zero-order valence-electron chi connectivity index (χ0n) is 10.5. The molecule has 0 radical (unpaired) electrons. The molecule has 2 saturated heterocycles. The second-order valence-corrected chi connectivity index (χ2v) is 4.61. The SMILES string of the molecule is O/N=C(/c1cnccn1)N1CCC2(CC1)OCCO2. The van der Waals surface area contributed by atoms with Crippen molar-refractivity contribution in [2.75, 3.05) is 26.3 Å². The van der Waals surface area contributed by atoms with E-state index in [2.05, 4.69) is 15.1 Å². The first kappa shape index (κ1) is 12.3. The van der Waals surface area contributed by atoms with Gasteiger partial charge in [-0.2, -0.15) is 0 Å². The predicted molar refractivity (Wildman–Crippen MR) is 65.8 cm³/mol. The highest BCUT2D eigenvalue weighted by molar-refractivity contribution is 5.96. The minimum absolute atomic E-state index is 0.431. The van der Waals surface area contributed by atoms with Crippen molar-refractivity contribution in [1.82, 2.24) is 14.9 Å². The van der Waals surface area contributed by atoms with Gasteiger partial charge in [-0.1, -0.05) is 5.16 Å². The molecule has 1 aromatic rings. The Bertz CT molecular complexity index is 449. The van der Waals surface area contributed by atoms with Crippen LogP contribution in [0.2, 0.25) is 0 Å². The van der Waals surface area contributed by atoms with Crippen molar-refractivity contribution in [2.45, 2.75) is 18.6 Å². The van der Waals surface area contributed by atoms with Crippen molar-refractivity contribution < 1.29 is 14.7 Å². The van der Waals surface area contributed by atoms with E-state index < -0.39 is 5.79 Å². The van der Waals surface area contributed by atoms with Crippen LogP contribution in [0.15, 0.2) is 23.7 Å². The predicted octanol–water partition coefficient (Wildman–Crippen LogP) is 0.451. The molecule has 0 atom stereocenters. The summed E-state index contributed by atoms with van der Waals surface area (Å²) in [6.07, 6.45) is 6.26. The zero-order valence-corrected chi connectivity index (χ0v) is 10.5. The third-order valence-corrected chi connectivity index (χ3v) is 3.53. The molecule has 1 N–H and O–H groups in total. The lowest BCUT2D eigenvalue weighted by Gasteiger charge is -2.38. The molecule has 0 saturated carbocycles. The molecule has 0 amide bonds. The largest absolute Gasteiger partial charge is 0.409 e. The molecule has 1 aromatic heterocycles. The Hall–Kier alpha value is -1.73.